The highest BCUT2D eigenvalue weighted by molar-refractivity contribution is 5.90. The number of nitrogens with one attached hydrogen (secondary N) is 2. The van der Waals surface area contributed by atoms with Crippen molar-refractivity contribution in [1.29, 1.82) is 0 Å². The molecule has 8 rings (SSSR count). The Morgan fingerprint density at radius 1 is 0.863 bits per heavy atom. The van der Waals surface area contributed by atoms with E-state index < -0.39 is 6.04 Å². The van der Waals surface area contributed by atoms with E-state index in [1.165, 1.54) is 0 Å². The molecular formula is C41H40N6O4. The Bertz CT molecular complexity index is 2120. The molecule has 3 aromatic carbocycles. The number of allylic oxidation sites excluding steroid dienone is 4. The number of imidazole rings is 1. The molecule has 2 aliphatic heterocycles. The fraction of sp³-hybridized carbons (Fsp3) is 0.293. The van der Waals surface area contributed by atoms with Crippen molar-refractivity contribution in [2.75, 3.05) is 13.1 Å². The number of H-pyrrole nitrogens is 1. The number of nitrogens with zero attached hydrogens (tertiary/aromatic N) is 4. The van der Waals surface area contributed by atoms with Crippen LogP contribution < -0.4 is 5.32 Å². The van der Waals surface area contributed by atoms with Crippen molar-refractivity contribution in [3.63, 3.8) is 0 Å². The molecule has 0 bridgehead atoms. The minimum absolute atomic E-state index is 0.0258. The third-order valence-corrected chi connectivity index (χ3v) is 10.2. The molecule has 0 radical (unpaired) electrons. The molecular weight excluding hydrogens is 640 g/mol. The van der Waals surface area contributed by atoms with E-state index in [0.717, 1.165) is 65.1 Å². The van der Waals surface area contributed by atoms with Crippen LogP contribution in [0, 0.1) is 0 Å². The van der Waals surface area contributed by atoms with Crippen LogP contribution in [-0.2, 0) is 27.2 Å². The average molecular weight is 681 g/mol. The number of amides is 3. The second-order valence-corrected chi connectivity index (χ2v) is 13.6. The molecule has 1 aliphatic carbocycles. The lowest BCUT2D eigenvalue weighted by atomic mass is 9.96. The smallest absolute Gasteiger partial charge is 0.246 e. The van der Waals surface area contributed by atoms with Crippen LogP contribution in [0.4, 0.5) is 0 Å². The van der Waals surface area contributed by atoms with E-state index in [1.54, 1.807) is 11.1 Å². The summed E-state index contributed by atoms with van der Waals surface area (Å²) in [5.41, 5.74) is 5.23. The Labute approximate surface area is 296 Å². The second-order valence-electron chi connectivity index (χ2n) is 13.6. The second kappa shape index (κ2) is 14.2. The van der Waals surface area contributed by atoms with E-state index in [2.05, 4.69) is 15.3 Å². The molecule has 1 unspecified atom stereocenters. The van der Waals surface area contributed by atoms with Crippen molar-refractivity contribution in [2.45, 2.75) is 62.9 Å². The summed E-state index contributed by atoms with van der Waals surface area (Å²) in [5.74, 6) is 1.81. The molecule has 2 N–H and O–H groups in total. The van der Waals surface area contributed by atoms with Gasteiger partial charge in [0.15, 0.2) is 0 Å². The summed E-state index contributed by atoms with van der Waals surface area (Å²) in [6, 6.07) is 24.8. The van der Waals surface area contributed by atoms with Crippen molar-refractivity contribution < 1.29 is 18.8 Å². The number of aromatic nitrogens is 3. The standard InChI is InChI=1S/C41H40N6O4/c48-37(22-27-10-3-1-4-11-27)46-20-8-16-34(46)39-44-32-19-18-30(25-33(32)45-39)41-42-26-36(51-41)29-14-7-15-31(24-29)43-40(50)35-17-9-21-47(35)38(49)23-28-12-5-2-6-13-28/h1-7,10-15,18-19,25-26,29,34-35H,8-9,16-17,20-24H2,(H,43,50)(H,44,45)/t29?,34-,35-/m0/s1. The fourth-order valence-corrected chi connectivity index (χ4v) is 7.55. The number of aromatic amines is 1. The lowest BCUT2D eigenvalue weighted by Crippen LogP contribution is -2.46. The molecule has 10 nitrogen and oxygen atoms in total. The number of fused-ring (bicyclic) bond motifs is 1. The lowest BCUT2D eigenvalue weighted by molar-refractivity contribution is -0.137. The minimum Gasteiger partial charge on any atom is -0.441 e. The van der Waals surface area contributed by atoms with Gasteiger partial charge < -0.3 is 24.5 Å². The number of hydrogen-bond acceptors (Lipinski definition) is 6. The van der Waals surface area contributed by atoms with E-state index in [9.17, 15) is 14.4 Å². The van der Waals surface area contributed by atoms with Gasteiger partial charge in [-0.2, -0.15) is 0 Å². The van der Waals surface area contributed by atoms with Crippen LogP contribution in [0.1, 0.15) is 66.8 Å². The maximum atomic E-state index is 13.4. The zero-order valence-corrected chi connectivity index (χ0v) is 28.3. The molecule has 258 valence electrons. The first-order chi connectivity index (χ1) is 25.0. The molecule has 0 spiro atoms. The van der Waals surface area contributed by atoms with Gasteiger partial charge >= 0.3 is 0 Å². The zero-order valence-electron chi connectivity index (χ0n) is 28.3. The third kappa shape index (κ3) is 6.99. The average Bonchev–Trinajstić information content (AvgIpc) is 3.98. The van der Waals surface area contributed by atoms with Gasteiger partial charge in [0.05, 0.1) is 36.1 Å². The van der Waals surface area contributed by atoms with Gasteiger partial charge in [-0.1, -0.05) is 72.8 Å². The van der Waals surface area contributed by atoms with Crippen molar-refractivity contribution in [1.82, 2.24) is 30.1 Å². The van der Waals surface area contributed by atoms with Gasteiger partial charge in [-0.3, -0.25) is 14.4 Å². The van der Waals surface area contributed by atoms with Gasteiger partial charge in [0, 0.05) is 36.7 Å². The van der Waals surface area contributed by atoms with Crippen LogP contribution in [0.15, 0.2) is 113 Å². The number of likely N-dealkylation sites (tertiary alicyclic amines) is 2. The Kier molecular flexibility index (Phi) is 9.05. The fourth-order valence-electron chi connectivity index (χ4n) is 7.55. The summed E-state index contributed by atoms with van der Waals surface area (Å²) in [6.07, 6.45) is 12.1. The monoisotopic (exact) mass is 680 g/mol. The summed E-state index contributed by atoms with van der Waals surface area (Å²) in [7, 11) is 0. The number of carbonyl (C=O) groups excluding carboxylic acids is 3. The summed E-state index contributed by atoms with van der Waals surface area (Å²) < 4.78 is 6.28. The van der Waals surface area contributed by atoms with Crippen LogP contribution >= 0.6 is 0 Å². The van der Waals surface area contributed by atoms with Crippen molar-refractivity contribution in [2.24, 2.45) is 0 Å². The van der Waals surface area contributed by atoms with E-state index in [0.29, 0.717) is 37.5 Å². The molecule has 0 saturated carbocycles. The molecule has 4 heterocycles. The molecule has 3 aliphatic rings. The highest BCUT2D eigenvalue weighted by atomic mass is 16.4. The van der Waals surface area contributed by atoms with Crippen molar-refractivity contribution >= 4 is 28.8 Å². The van der Waals surface area contributed by atoms with Crippen LogP contribution in [0.2, 0.25) is 0 Å². The summed E-state index contributed by atoms with van der Waals surface area (Å²) in [6.45, 7) is 1.31. The largest absolute Gasteiger partial charge is 0.441 e. The summed E-state index contributed by atoms with van der Waals surface area (Å²) in [4.78, 5) is 56.4. The van der Waals surface area contributed by atoms with Crippen molar-refractivity contribution in [3.8, 4) is 11.5 Å². The number of benzene rings is 3. The molecule has 51 heavy (non-hydrogen) atoms. The molecule has 2 fully saturated rings. The van der Waals surface area contributed by atoms with Gasteiger partial charge in [-0.05, 0) is 61.1 Å². The van der Waals surface area contributed by atoms with Crippen LogP contribution in [0.5, 0.6) is 0 Å². The van der Waals surface area contributed by atoms with Gasteiger partial charge in [0.1, 0.15) is 17.6 Å². The predicted molar refractivity (Wildman–Crippen MR) is 193 cm³/mol. The number of carbonyl (C=O) groups is 3. The molecule has 3 atom stereocenters. The Morgan fingerprint density at radius 2 is 1.57 bits per heavy atom. The first-order valence-electron chi connectivity index (χ1n) is 17.8. The minimum atomic E-state index is -0.479. The van der Waals surface area contributed by atoms with Gasteiger partial charge in [-0.15, -0.1) is 0 Å². The summed E-state index contributed by atoms with van der Waals surface area (Å²) >= 11 is 0. The number of oxazole rings is 1. The van der Waals surface area contributed by atoms with Crippen LogP contribution in [-0.4, -0.2) is 61.6 Å². The van der Waals surface area contributed by atoms with Crippen LogP contribution in [0.3, 0.4) is 0 Å². The molecule has 5 aromatic rings. The first-order valence-corrected chi connectivity index (χ1v) is 17.8. The van der Waals surface area contributed by atoms with E-state index in [-0.39, 0.29) is 36.1 Å². The van der Waals surface area contributed by atoms with Crippen LogP contribution in [0.25, 0.3) is 22.5 Å². The quantitative estimate of drug-likeness (QED) is 0.186. The summed E-state index contributed by atoms with van der Waals surface area (Å²) in [5, 5.41) is 3.09. The van der Waals surface area contributed by atoms with Gasteiger partial charge in [0.2, 0.25) is 23.6 Å². The first kappa shape index (κ1) is 32.4. The maximum absolute atomic E-state index is 13.4. The highest BCUT2D eigenvalue weighted by Gasteiger charge is 2.35. The highest BCUT2D eigenvalue weighted by Crippen LogP contribution is 2.34. The zero-order chi connectivity index (χ0) is 34.7. The number of hydrogen-bond donors (Lipinski definition) is 2. The normalized spacial score (nSPS) is 20.2. The third-order valence-electron chi connectivity index (χ3n) is 10.2. The SMILES string of the molecule is O=C(NC1=CC=CC(c2cnc(-c3ccc4[nH]c([C@@H]5CCCN5C(=O)Cc5ccccc5)nc4c3)o2)C1)[C@@H]1CCCN1C(=O)Cc1ccccc1. The van der Waals surface area contributed by atoms with E-state index in [1.807, 2.05) is 102 Å². The maximum Gasteiger partial charge on any atom is 0.246 e. The Morgan fingerprint density at radius 3 is 2.33 bits per heavy atom. The van der Waals surface area contributed by atoms with E-state index >= 15 is 0 Å². The van der Waals surface area contributed by atoms with Crippen molar-refractivity contribution in [3.05, 3.63) is 132 Å². The van der Waals surface area contributed by atoms with E-state index in [4.69, 9.17) is 9.40 Å². The van der Waals surface area contributed by atoms with Gasteiger partial charge in [0.25, 0.3) is 0 Å². The predicted octanol–water partition coefficient (Wildman–Crippen LogP) is 6.40. The molecule has 2 saturated heterocycles. The molecule has 3 amide bonds. The Balaban J connectivity index is 0.907. The Hall–Kier alpha value is -5.77. The number of rotatable bonds is 9. The van der Waals surface area contributed by atoms with Gasteiger partial charge in [-0.25, -0.2) is 9.97 Å². The molecule has 10 heteroatoms. The topological polar surface area (TPSA) is 124 Å². The lowest BCUT2D eigenvalue weighted by Gasteiger charge is -2.25. The molecule has 2 aromatic heterocycles.